The molecule has 0 saturated heterocycles. The molecule has 0 aliphatic rings. The quantitative estimate of drug-likeness (QED) is 0.338. The second-order valence-electron chi connectivity index (χ2n) is 7.70. The van der Waals surface area contributed by atoms with Crippen LogP contribution in [0.1, 0.15) is 23.7 Å². The number of methoxy groups -OCH3 is 1. The number of para-hydroxylation sites is 1. The van der Waals surface area contributed by atoms with E-state index in [-0.39, 0.29) is 12.6 Å². The Balaban J connectivity index is 1.71. The van der Waals surface area contributed by atoms with Gasteiger partial charge in [-0.05, 0) is 36.2 Å². The van der Waals surface area contributed by atoms with Gasteiger partial charge in [0.05, 0.1) is 43.8 Å². The average molecular weight is 458 g/mol. The summed E-state index contributed by atoms with van der Waals surface area (Å²) in [5.41, 5.74) is 4.22. The molecule has 0 saturated carbocycles. The highest BCUT2D eigenvalue weighted by Gasteiger charge is 2.23. The minimum atomic E-state index is -0.640. The van der Waals surface area contributed by atoms with Gasteiger partial charge in [0.25, 0.3) is 0 Å². The SMILES string of the molecule is CCOC(=O)C(Cc1ccoc1)Nc1ncc(-c2ccccc2OC)nc1Cc1ccccc1. The monoisotopic (exact) mass is 457 g/mol. The molecule has 174 valence electrons. The van der Waals surface area contributed by atoms with Crippen molar-refractivity contribution in [3.8, 4) is 17.0 Å². The zero-order valence-electron chi connectivity index (χ0n) is 19.2. The fraction of sp³-hybridized carbons (Fsp3) is 0.222. The first kappa shape index (κ1) is 23.0. The zero-order chi connectivity index (χ0) is 23.8. The summed E-state index contributed by atoms with van der Waals surface area (Å²) in [6.45, 7) is 2.08. The van der Waals surface area contributed by atoms with Crippen LogP contribution in [0.4, 0.5) is 5.82 Å². The van der Waals surface area contributed by atoms with Crippen LogP contribution in [-0.4, -0.2) is 35.7 Å². The molecule has 0 fully saturated rings. The van der Waals surface area contributed by atoms with Gasteiger partial charge < -0.3 is 19.2 Å². The van der Waals surface area contributed by atoms with Crippen LogP contribution in [0.25, 0.3) is 11.3 Å². The van der Waals surface area contributed by atoms with E-state index in [0.29, 0.717) is 30.1 Å². The van der Waals surface area contributed by atoms with E-state index in [2.05, 4.69) is 10.3 Å². The van der Waals surface area contributed by atoms with Gasteiger partial charge in [0.2, 0.25) is 0 Å². The molecular weight excluding hydrogens is 430 g/mol. The highest BCUT2D eigenvalue weighted by Crippen LogP contribution is 2.29. The minimum absolute atomic E-state index is 0.289. The summed E-state index contributed by atoms with van der Waals surface area (Å²) < 4.78 is 16.0. The van der Waals surface area contributed by atoms with Gasteiger partial charge in [0.15, 0.2) is 0 Å². The molecule has 1 N–H and O–H groups in total. The van der Waals surface area contributed by atoms with Crippen molar-refractivity contribution >= 4 is 11.8 Å². The van der Waals surface area contributed by atoms with Crippen molar-refractivity contribution in [2.75, 3.05) is 19.0 Å². The van der Waals surface area contributed by atoms with Gasteiger partial charge in [-0.3, -0.25) is 0 Å². The topological polar surface area (TPSA) is 86.5 Å². The smallest absolute Gasteiger partial charge is 0.328 e. The van der Waals surface area contributed by atoms with Crippen molar-refractivity contribution in [2.45, 2.75) is 25.8 Å². The molecule has 2 aromatic carbocycles. The molecule has 0 aliphatic heterocycles. The van der Waals surface area contributed by atoms with Gasteiger partial charge >= 0.3 is 5.97 Å². The van der Waals surface area contributed by atoms with E-state index in [9.17, 15) is 4.79 Å². The van der Waals surface area contributed by atoms with Gasteiger partial charge in [-0.15, -0.1) is 0 Å². The van der Waals surface area contributed by atoms with Crippen molar-refractivity contribution in [3.63, 3.8) is 0 Å². The predicted octanol–water partition coefficient (Wildman–Crippen LogP) is 4.92. The molecule has 7 heteroatoms. The van der Waals surface area contributed by atoms with Crippen LogP contribution >= 0.6 is 0 Å². The molecule has 2 aromatic heterocycles. The highest BCUT2D eigenvalue weighted by molar-refractivity contribution is 5.79. The zero-order valence-corrected chi connectivity index (χ0v) is 19.2. The summed E-state index contributed by atoms with van der Waals surface area (Å²) in [5, 5.41) is 3.28. The average Bonchev–Trinajstić information content (AvgIpc) is 3.38. The van der Waals surface area contributed by atoms with Crippen LogP contribution in [0.15, 0.2) is 83.8 Å². The number of hydrogen-bond acceptors (Lipinski definition) is 7. The molecule has 0 spiro atoms. The fourth-order valence-electron chi connectivity index (χ4n) is 3.69. The van der Waals surface area contributed by atoms with E-state index < -0.39 is 6.04 Å². The highest BCUT2D eigenvalue weighted by atomic mass is 16.5. The van der Waals surface area contributed by atoms with Crippen LogP contribution in [0.2, 0.25) is 0 Å². The maximum Gasteiger partial charge on any atom is 0.328 e. The largest absolute Gasteiger partial charge is 0.496 e. The van der Waals surface area contributed by atoms with Gasteiger partial charge in [-0.2, -0.15) is 0 Å². The lowest BCUT2D eigenvalue weighted by atomic mass is 10.1. The molecule has 2 heterocycles. The van der Waals surface area contributed by atoms with Gasteiger partial charge in [0, 0.05) is 18.4 Å². The summed E-state index contributed by atoms with van der Waals surface area (Å²) in [7, 11) is 1.63. The number of rotatable bonds is 10. The fourth-order valence-corrected chi connectivity index (χ4v) is 3.69. The van der Waals surface area contributed by atoms with E-state index >= 15 is 0 Å². The van der Waals surface area contributed by atoms with E-state index in [1.165, 1.54) is 0 Å². The minimum Gasteiger partial charge on any atom is -0.496 e. The third kappa shape index (κ3) is 5.61. The summed E-state index contributed by atoms with van der Waals surface area (Å²) in [6, 6.07) is 18.9. The van der Waals surface area contributed by atoms with Crippen LogP contribution in [-0.2, 0) is 22.4 Å². The molecule has 0 amide bonds. The van der Waals surface area contributed by atoms with Gasteiger partial charge in [0.1, 0.15) is 17.6 Å². The number of esters is 1. The molecule has 0 bridgehead atoms. The Morgan fingerprint density at radius 3 is 2.59 bits per heavy atom. The first-order chi connectivity index (χ1) is 16.7. The maximum atomic E-state index is 12.7. The molecule has 0 radical (unpaired) electrons. The van der Waals surface area contributed by atoms with Crippen LogP contribution in [0, 0.1) is 0 Å². The van der Waals surface area contributed by atoms with E-state index in [4.69, 9.17) is 18.9 Å². The molecule has 4 rings (SSSR count). The second-order valence-corrected chi connectivity index (χ2v) is 7.70. The Kier molecular flexibility index (Phi) is 7.55. The first-order valence-electron chi connectivity index (χ1n) is 11.2. The van der Waals surface area contributed by atoms with E-state index in [0.717, 1.165) is 22.4 Å². The molecule has 7 nitrogen and oxygen atoms in total. The maximum absolute atomic E-state index is 12.7. The number of ether oxygens (including phenoxy) is 2. The lowest BCUT2D eigenvalue weighted by molar-refractivity contribution is -0.144. The van der Waals surface area contributed by atoms with Crippen LogP contribution in [0.5, 0.6) is 5.75 Å². The molecular formula is C27H27N3O4. The van der Waals surface area contributed by atoms with Gasteiger partial charge in [-0.1, -0.05) is 42.5 Å². The summed E-state index contributed by atoms with van der Waals surface area (Å²) in [4.78, 5) is 22.3. The predicted molar refractivity (Wildman–Crippen MR) is 130 cm³/mol. The number of aromatic nitrogens is 2. The van der Waals surface area contributed by atoms with Crippen LogP contribution in [0.3, 0.4) is 0 Å². The lowest BCUT2D eigenvalue weighted by Gasteiger charge is -2.19. The molecule has 4 aromatic rings. The Hall–Kier alpha value is -4.13. The van der Waals surface area contributed by atoms with Crippen molar-refractivity contribution in [1.29, 1.82) is 0 Å². The Morgan fingerprint density at radius 2 is 1.85 bits per heavy atom. The number of carbonyl (C=O) groups excluding carboxylic acids is 1. The van der Waals surface area contributed by atoms with Crippen LogP contribution < -0.4 is 10.1 Å². The van der Waals surface area contributed by atoms with E-state index in [1.807, 2.05) is 60.7 Å². The lowest BCUT2D eigenvalue weighted by Crippen LogP contribution is -2.34. The number of nitrogens with zero attached hydrogens (tertiary/aromatic N) is 2. The third-order valence-corrected chi connectivity index (χ3v) is 5.34. The van der Waals surface area contributed by atoms with Crippen molar-refractivity contribution < 1.29 is 18.7 Å². The van der Waals surface area contributed by atoms with Crippen molar-refractivity contribution in [3.05, 3.63) is 96.2 Å². The Labute approximate surface area is 198 Å². The standard InChI is InChI=1S/C27H27N3O4/c1-3-34-27(31)23(16-20-13-14-33-18-20)30-26-22(15-19-9-5-4-6-10-19)29-24(17-28-26)21-11-7-8-12-25(21)32-2/h4-14,17-18,23H,3,15-16H2,1-2H3,(H,28,30). The van der Waals surface area contributed by atoms with Crippen molar-refractivity contribution in [2.24, 2.45) is 0 Å². The summed E-state index contributed by atoms with van der Waals surface area (Å²) >= 11 is 0. The number of furan rings is 1. The second kappa shape index (κ2) is 11.1. The third-order valence-electron chi connectivity index (χ3n) is 5.34. The molecule has 1 atom stereocenters. The first-order valence-corrected chi connectivity index (χ1v) is 11.2. The van der Waals surface area contributed by atoms with Crippen molar-refractivity contribution in [1.82, 2.24) is 9.97 Å². The number of carbonyl (C=O) groups is 1. The number of anilines is 1. The Morgan fingerprint density at radius 1 is 1.06 bits per heavy atom. The molecule has 1 unspecified atom stereocenters. The normalized spacial score (nSPS) is 11.6. The summed E-state index contributed by atoms with van der Waals surface area (Å²) in [5.74, 6) is 0.890. The number of nitrogens with one attached hydrogen (secondary N) is 1. The Bertz CT molecular complexity index is 1210. The van der Waals surface area contributed by atoms with Gasteiger partial charge in [-0.25, -0.2) is 14.8 Å². The molecule has 0 aliphatic carbocycles. The number of hydrogen-bond donors (Lipinski definition) is 1. The summed E-state index contributed by atoms with van der Waals surface area (Å²) in [6.07, 6.45) is 5.83. The number of benzene rings is 2. The molecule has 34 heavy (non-hydrogen) atoms. The van der Waals surface area contributed by atoms with E-state index in [1.54, 1.807) is 32.8 Å².